The van der Waals surface area contributed by atoms with Crippen LogP contribution in [0, 0.1) is 11.8 Å². The highest BCUT2D eigenvalue weighted by atomic mass is 32.2. The molecule has 4 heteroatoms. The first-order valence-electron chi connectivity index (χ1n) is 6.64. The van der Waals surface area contributed by atoms with Gasteiger partial charge in [-0.25, -0.2) is 0 Å². The fourth-order valence-corrected chi connectivity index (χ4v) is 2.45. The van der Waals surface area contributed by atoms with E-state index in [2.05, 4.69) is 26.1 Å². The van der Waals surface area contributed by atoms with E-state index in [1.807, 2.05) is 11.8 Å². The summed E-state index contributed by atoms with van der Waals surface area (Å²) in [5, 5.41) is 2.97. The molecule has 0 aromatic carbocycles. The molecule has 0 aromatic heterocycles. The molecule has 102 valence electrons. The molecule has 1 atom stereocenters. The lowest BCUT2D eigenvalue weighted by Crippen LogP contribution is -2.29. The first kappa shape index (κ1) is 16.8. The Morgan fingerprint density at radius 1 is 1.41 bits per heavy atom. The van der Waals surface area contributed by atoms with Gasteiger partial charge in [0.25, 0.3) is 0 Å². The van der Waals surface area contributed by atoms with Crippen LogP contribution in [-0.2, 0) is 4.79 Å². The van der Waals surface area contributed by atoms with Gasteiger partial charge in [0.05, 0.1) is 0 Å². The molecule has 0 radical (unpaired) electrons. The summed E-state index contributed by atoms with van der Waals surface area (Å²) >= 11 is 1.92. The van der Waals surface area contributed by atoms with Gasteiger partial charge in [-0.3, -0.25) is 4.79 Å². The summed E-state index contributed by atoms with van der Waals surface area (Å²) < 4.78 is 0. The van der Waals surface area contributed by atoms with Crippen molar-refractivity contribution in [2.75, 3.05) is 24.6 Å². The van der Waals surface area contributed by atoms with Gasteiger partial charge in [-0.2, -0.15) is 11.8 Å². The van der Waals surface area contributed by atoms with E-state index < -0.39 is 0 Å². The maximum Gasteiger partial charge on any atom is 0.220 e. The lowest BCUT2D eigenvalue weighted by molar-refractivity contribution is -0.122. The van der Waals surface area contributed by atoms with Crippen molar-refractivity contribution >= 4 is 17.7 Å². The molecular formula is C13H28N2OS. The molecule has 1 amide bonds. The van der Waals surface area contributed by atoms with Gasteiger partial charge in [0.1, 0.15) is 0 Å². The van der Waals surface area contributed by atoms with Crippen LogP contribution in [0.1, 0.15) is 40.0 Å². The molecular weight excluding hydrogens is 232 g/mol. The minimum Gasteiger partial charge on any atom is -0.356 e. The van der Waals surface area contributed by atoms with E-state index in [9.17, 15) is 4.79 Å². The Bertz CT molecular complexity index is 198. The highest BCUT2D eigenvalue weighted by Gasteiger charge is 2.13. The summed E-state index contributed by atoms with van der Waals surface area (Å²) in [6.45, 7) is 7.90. The predicted molar refractivity (Wildman–Crippen MR) is 77.2 cm³/mol. The monoisotopic (exact) mass is 260 g/mol. The van der Waals surface area contributed by atoms with E-state index in [1.165, 1.54) is 0 Å². The second-order valence-corrected chi connectivity index (χ2v) is 6.23. The van der Waals surface area contributed by atoms with E-state index >= 15 is 0 Å². The van der Waals surface area contributed by atoms with Crippen molar-refractivity contribution in [3.05, 3.63) is 0 Å². The molecule has 0 aliphatic rings. The molecule has 0 spiro atoms. The van der Waals surface area contributed by atoms with Crippen molar-refractivity contribution < 1.29 is 4.79 Å². The molecule has 0 aliphatic carbocycles. The summed E-state index contributed by atoms with van der Waals surface area (Å²) in [7, 11) is 0. The Morgan fingerprint density at radius 2 is 2.12 bits per heavy atom. The summed E-state index contributed by atoms with van der Waals surface area (Å²) in [4.78, 5) is 11.7. The van der Waals surface area contributed by atoms with Gasteiger partial charge in [0, 0.05) is 13.0 Å². The van der Waals surface area contributed by atoms with E-state index in [0.29, 0.717) is 24.8 Å². The zero-order chi connectivity index (χ0) is 13.1. The quantitative estimate of drug-likeness (QED) is 0.592. The maximum absolute atomic E-state index is 11.7. The minimum absolute atomic E-state index is 0.155. The number of hydrogen-bond donors (Lipinski definition) is 2. The molecule has 0 aliphatic heterocycles. The second-order valence-electron chi connectivity index (χ2n) is 4.84. The Morgan fingerprint density at radius 3 is 2.65 bits per heavy atom. The van der Waals surface area contributed by atoms with Gasteiger partial charge in [-0.05, 0) is 42.7 Å². The molecule has 0 saturated carbocycles. The van der Waals surface area contributed by atoms with E-state index in [4.69, 9.17) is 5.73 Å². The van der Waals surface area contributed by atoms with Crippen LogP contribution in [0.4, 0.5) is 0 Å². The average molecular weight is 260 g/mol. The molecule has 0 bridgehead atoms. The predicted octanol–water partition coefficient (Wildman–Crippen LogP) is 2.26. The minimum atomic E-state index is 0.155. The number of carbonyl (C=O) groups is 1. The van der Waals surface area contributed by atoms with Crippen molar-refractivity contribution in [1.82, 2.24) is 5.32 Å². The molecule has 1 unspecified atom stereocenters. The van der Waals surface area contributed by atoms with Crippen molar-refractivity contribution in [3.8, 4) is 0 Å². The van der Waals surface area contributed by atoms with Crippen LogP contribution in [0.5, 0.6) is 0 Å². The van der Waals surface area contributed by atoms with E-state index in [1.54, 1.807) is 0 Å². The standard InChI is InChI=1S/C13H28N2OS/c1-4-17-7-5-6-15-13(16)9-12(10-14)8-11(2)3/h11-12H,4-10,14H2,1-3H3,(H,15,16). The van der Waals surface area contributed by atoms with Gasteiger partial charge in [-0.15, -0.1) is 0 Å². The zero-order valence-electron chi connectivity index (χ0n) is 11.5. The fourth-order valence-electron chi connectivity index (χ4n) is 1.81. The average Bonchev–Trinajstić information content (AvgIpc) is 2.27. The van der Waals surface area contributed by atoms with Gasteiger partial charge in [0.2, 0.25) is 5.91 Å². The Kier molecular flexibility index (Phi) is 10.8. The molecule has 17 heavy (non-hydrogen) atoms. The normalized spacial score (nSPS) is 12.8. The van der Waals surface area contributed by atoms with Crippen LogP contribution >= 0.6 is 11.8 Å². The molecule has 0 fully saturated rings. The number of hydrogen-bond acceptors (Lipinski definition) is 3. The molecule has 3 nitrogen and oxygen atoms in total. The first-order valence-corrected chi connectivity index (χ1v) is 7.80. The van der Waals surface area contributed by atoms with Crippen molar-refractivity contribution in [1.29, 1.82) is 0 Å². The second kappa shape index (κ2) is 10.9. The summed E-state index contributed by atoms with van der Waals surface area (Å²) in [5.74, 6) is 3.38. The summed E-state index contributed by atoms with van der Waals surface area (Å²) in [6.07, 6.45) is 2.67. The Balaban J connectivity index is 3.61. The van der Waals surface area contributed by atoms with Crippen molar-refractivity contribution in [2.24, 2.45) is 17.6 Å². The van der Waals surface area contributed by atoms with Crippen molar-refractivity contribution in [3.63, 3.8) is 0 Å². The third-order valence-electron chi connectivity index (χ3n) is 2.60. The summed E-state index contributed by atoms with van der Waals surface area (Å²) in [6, 6.07) is 0. The van der Waals surface area contributed by atoms with Crippen LogP contribution < -0.4 is 11.1 Å². The highest BCUT2D eigenvalue weighted by Crippen LogP contribution is 2.13. The largest absolute Gasteiger partial charge is 0.356 e. The number of rotatable bonds is 10. The molecule has 0 heterocycles. The van der Waals surface area contributed by atoms with Crippen LogP contribution in [0.2, 0.25) is 0 Å². The smallest absolute Gasteiger partial charge is 0.220 e. The van der Waals surface area contributed by atoms with Crippen molar-refractivity contribution in [2.45, 2.75) is 40.0 Å². The first-order chi connectivity index (χ1) is 8.10. The third kappa shape index (κ3) is 10.6. The molecule has 0 rings (SSSR count). The van der Waals surface area contributed by atoms with Gasteiger partial charge >= 0.3 is 0 Å². The number of amides is 1. The Hall–Kier alpha value is -0.220. The lowest BCUT2D eigenvalue weighted by Gasteiger charge is -2.16. The van der Waals surface area contributed by atoms with Gasteiger partial charge < -0.3 is 11.1 Å². The van der Waals surface area contributed by atoms with E-state index in [-0.39, 0.29) is 5.91 Å². The van der Waals surface area contributed by atoms with Gasteiger partial charge in [-0.1, -0.05) is 20.8 Å². The van der Waals surface area contributed by atoms with Crippen LogP contribution in [0.3, 0.4) is 0 Å². The lowest BCUT2D eigenvalue weighted by atomic mass is 9.94. The van der Waals surface area contributed by atoms with Crippen LogP contribution in [-0.4, -0.2) is 30.5 Å². The maximum atomic E-state index is 11.7. The summed E-state index contributed by atoms with van der Waals surface area (Å²) in [5.41, 5.74) is 5.68. The molecule has 0 aromatic rings. The van der Waals surface area contributed by atoms with Crippen LogP contribution in [0.15, 0.2) is 0 Å². The molecule has 0 saturated heterocycles. The number of nitrogens with one attached hydrogen (secondary N) is 1. The van der Waals surface area contributed by atoms with Gasteiger partial charge in [0.15, 0.2) is 0 Å². The third-order valence-corrected chi connectivity index (χ3v) is 3.59. The fraction of sp³-hybridized carbons (Fsp3) is 0.923. The number of nitrogens with two attached hydrogens (primary N) is 1. The topological polar surface area (TPSA) is 55.1 Å². The SMILES string of the molecule is CCSCCCNC(=O)CC(CN)CC(C)C. The molecule has 3 N–H and O–H groups in total. The van der Waals surface area contributed by atoms with Crippen LogP contribution in [0.25, 0.3) is 0 Å². The zero-order valence-corrected chi connectivity index (χ0v) is 12.3. The Labute approximate surface area is 110 Å². The van der Waals surface area contributed by atoms with E-state index in [0.717, 1.165) is 30.9 Å². The number of thioether (sulfide) groups is 1. The highest BCUT2D eigenvalue weighted by molar-refractivity contribution is 7.99. The number of carbonyl (C=O) groups excluding carboxylic acids is 1.